The van der Waals surface area contributed by atoms with E-state index in [0.29, 0.717) is 16.0 Å². The van der Waals surface area contributed by atoms with Gasteiger partial charge in [-0.05, 0) is 17.2 Å². The first-order chi connectivity index (χ1) is 15.6. The monoisotopic (exact) mass is 467 g/mol. The molecule has 0 aliphatic heterocycles. The number of H-pyrrole nitrogens is 1. The Morgan fingerprint density at radius 3 is 2.69 bits per heavy atom. The van der Waals surface area contributed by atoms with E-state index in [1.165, 1.54) is 23.1 Å². The van der Waals surface area contributed by atoms with Crippen LogP contribution in [-0.4, -0.2) is 44.0 Å². The molecule has 4 N–H and O–H groups in total. The predicted octanol–water partition coefficient (Wildman–Crippen LogP) is 3.54. The molecular formula is C22H21N5O3S2. The van der Waals surface area contributed by atoms with Crippen LogP contribution in [0.1, 0.15) is 11.1 Å². The Labute approximate surface area is 192 Å². The number of para-hydroxylation sites is 1. The Hall–Kier alpha value is -3.37. The molecule has 32 heavy (non-hydrogen) atoms. The lowest BCUT2D eigenvalue weighted by Crippen LogP contribution is -2.43. The normalized spacial score (nSPS) is 11.9. The molecule has 2 aromatic heterocycles. The number of carboxylic acid groups (broad SMARTS) is 1. The van der Waals surface area contributed by atoms with Crippen LogP contribution in [0.4, 0.5) is 5.13 Å². The molecule has 164 valence electrons. The topological polar surface area (TPSA) is 120 Å². The SMILES string of the molecule is O=C(CSc1nnc(NCc2ccccc2)s1)N[C@H](Cc1c[nH]c2ccccc12)C(=O)O. The van der Waals surface area contributed by atoms with Crippen LogP contribution in [-0.2, 0) is 22.6 Å². The summed E-state index contributed by atoms with van der Waals surface area (Å²) in [4.78, 5) is 27.2. The molecule has 4 rings (SSSR count). The minimum atomic E-state index is -1.07. The van der Waals surface area contributed by atoms with E-state index < -0.39 is 12.0 Å². The second-order valence-electron chi connectivity index (χ2n) is 7.02. The molecule has 0 bridgehead atoms. The second-order valence-corrected chi connectivity index (χ2v) is 9.22. The van der Waals surface area contributed by atoms with Gasteiger partial charge in [0.2, 0.25) is 11.0 Å². The number of benzene rings is 2. The number of carbonyl (C=O) groups is 2. The Bertz CT molecular complexity index is 1210. The summed E-state index contributed by atoms with van der Waals surface area (Å²) >= 11 is 2.58. The van der Waals surface area contributed by atoms with Crippen molar-refractivity contribution in [2.75, 3.05) is 11.1 Å². The molecule has 10 heteroatoms. The Balaban J connectivity index is 1.28. The van der Waals surface area contributed by atoms with Crippen LogP contribution < -0.4 is 10.6 Å². The number of nitrogens with one attached hydrogen (secondary N) is 3. The zero-order valence-electron chi connectivity index (χ0n) is 16.9. The smallest absolute Gasteiger partial charge is 0.326 e. The number of carbonyl (C=O) groups excluding carboxylic acids is 1. The number of nitrogens with zero attached hydrogens (tertiary/aromatic N) is 2. The average Bonchev–Trinajstić information content (AvgIpc) is 3.43. The van der Waals surface area contributed by atoms with Gasteiger partial charge in [-0.1, -0.05) is 71.6 Å². The first-order valence-electron chi connectivity index (χ1n) is 9.90. The first-order valence-corrected chi connectivity index (χ1v) is 11.7. The van der Waals surface area contributed by atoms with Gasteiger partial charge in [-0.25, -0.2) is 4.79 Å². The number of carboxylic acids is 1. The van der Waals surface area contributed by atoms with Crippen molar-refractivity contribution in [3.63, 3.8) is 0 Å². The third-order valence-corrected chi connectivity index (χ3v) is 6.77. The molecule has 0 spiro atoms. The zero-order chi connectivity index (χ0) is 22.3. The molecule has 2 heterocycles. The van der Waals surface area contributed by atoms with Crippen molar-refractivity contribution in [3.8, 4) is 0 Å². The number of hydrogen-bond acceptors (Lipinski definition) is 7. The van der Waals surface area contributed by atoms with Gasteiger partial charge in [0.05, 0.1) is 5.75 Å². The van der Waals surface area contributed by atoms with Gasteiger partial charge in [-0.3, -0.25) is 4.79 Å². The van der Waals surface area contributed by atoms with Gasteiger partial charge in [0.25, 0.3) is 0 Å². The number of aromatic nitrogens is 3. The molecule has 0 saturated carbocycles. The van der Waals surface area contributed by atoms with Crippen LogP contribution in [0.5, 0.6) is 0 Å². The van der Waals surface area contributed by atoms with E-state index in [4.69, 9.17) is 0 Å². The van der Waals surface area contributed by atoms with Crippen LogP contribution in [0.3, 0.4) is 0 Å². The predicted molar refractivity (Wildman–Crippen MR) is 126 cm³/mol. The molecule has 0 unspecified atom stereocenters. The maximum atomic E-state index is 12.4. The summed E-state index contributed by atoms with van der Waals surface area (Å²) in [5, 5.41) is 25.2. The quantitative estimate of drug-likeness (QED) is 0.263. The van der Waals surface area contributed by atoms with Crippen molar-refractivity contribution in [1.82, 2.24) is 20.5 Å². The number of aliphatic carboxylic acids is 1. The van der Waals surface area contributed by atoms with E-state index in [2.05, 4.69) is 25.8 Å². The molecular weight excluding hydrogens is 446 g/mol. The lowest BCUT2D eigenvalue weighted by Gasteiger charge is -2.13. The van der Waals surface area contributed by atoms with Crippen LogP contribution in [0, 0.1) is 0 Å². The van der Waals surface area contributed by atoms with Gasteiger partial charge in [0.1, 0.15) is 6.04 Å². The van der Waals surface area contributed by atoms with Crippen molar-refractivity contribution >= 4 is 51.0 Å². The van der Waals surface area contributed by atoms with E-state index >= 15 is 0 Å². The highest BCUT2D eigenvalue weighted by atomic mass is 32.2. The maximum Gasteiger partial charge on any atom is 0.326 e. The average molecular weight is 468 g/mol. The number of fused-ring (bicyclic) bond motifs is 1. The molecule has 0 aliphatic rings. The fraction of sp³-hybridized carbons (Fsp3) is 0.182. The minimum absolute atomic E-state index is 0.0605. The standard InChI is InChI=1S/C22H21N5O3S2/c28-19(13-31-22-27-26-21(32-22)24-11-14-6-2-1-3-7-14)25-18(20(29)30)10-15-12-23-17-9-5-4-8-16(15)17/h1-9,12,18,23H,10-11,13H2,(H,24,26)(H,25,28)(H,29,30)/t18-/m1/s1. The highest BCUT2D eigenvalue weighted by Gasteiger charge is 2.22. The van der Waals surface area contributed by atoms with E-state index in [-0.39, 0.29) is 18.1 Å². The van der Waals surface area contributed by atoms with E-state index in [9.17, 15) is 14.7 Å². The lowest BCUT2D eigenvalue weighted by molar-refractivity contribution is -0.141. The molecule has 0 fully saturated rings. The summed E-state index contributed by atoms with van der Waals surface area (Å²) in [7, 11) is 0. The fourth-order valence-electron chi connectivity index (χ4n) is 3.20. The third kappa shape index (κ3) is 5.65. The number of amides is 1. The van der Waals surface area contributed by atoms with E-state index in [1.807, 2.05) is 54.6 Å². The van der Waals surface area contributed by atoms with E-state index in [1.54, 1.807) is 6.20 Å². The van der Waals surface area contributed by atoms with Crippen molar-refractivity contribution in [1.29, 1.82) is 0 Å². The molecule has 1 amide bonds. The Morgan fingerprint density at radius 1 is 1.09 bits per heavy atom. The van der Waals surface area contributed by atoms with Gasteiger partial charge in [-0.2, -0.15) is 0 Å². The van der Waals surface area contributed by atoms with Crippen molar-refractivity contribution in [2.24, 2.45) is 0 Å². The van der Waals surface area contributed by atoms with Gasteiger partial charge in [-0.15, -0.1) is 10.2 Å². The number of hydrogen-bond donors (Lipinski definition) is 4. The number of thioether (sulfide) groups is 1. The van der Waals surface area contributed by atoms with Crippen molar-refractivity contribution in [3.05, 3.63) is 71.9 Å². The second kappa shape index (κ2) is 10.3. The third-order valence-electron chi connectivity index (χ3n) is 4.75. The summed E-state index contributed by atoms with van der Waals surface area (Å²) in [5.41, 5.74) is 2.91. The van der Waals surface area contributed by atoms with Crippen LogP contribution in [0.15, 0.2) is 65.1 Å². The molecule has 2 aromatic carbocycles. The molecule has 0 radical (unpaired) electrons. The van der Waals surface area contributed by atoms with Gasteiger partial charge >= 0.3 is 5.97 Å². The Morgan fingerprint density at radius 2 is 1.88 bits per heavy atom. The number of aromatic amines is 1. The van der Waals surface area contributed by atoms with E-state index in [0.717, 1.165) is 22.0 Å². The molecule has 1 atom stereocenters. The summed E-state index contributed by atoms with van der Waals surface area (Å²) in [6.45, 7) is 0.634. The molecule has 0 aliphatic carbocycles. The fourth-order valence-corrected chi connectivity index (χ4v) is 4.76. The van der Waals surface area contributed by atoms with Crippen molar-refractivity contribution in [2.45, 2.75) is 23.3 Å². The lowest BCUT2D eigenvalue weighted by atomic mass is 10.1. The maximum absolute atomic E-state index is 12.4. The van der Waals surface area contributed by atoms with Gasteiger partial charge < -0.3 is 20.7 Å². The minimum Gasteiger partial charge on any atom is -0.480 e. The molecule has 0 saturated heterocycles. The molecule has 4 aromatic rings. The molecule has 8 nitrogen and oxygen atoms in total. The highest BCUT2D eigenvalue weighted by Crippen LogP contribution is 2.26. The first kappa shape index (κ1) is 21.8. The van der Waals surface area contributed by atoms with Crippen LogP contribution >= 0.6 is 23.1 Å². The summed E-state index contributed by atoms with van der Waals surface area (Å²) in [6, 6.07) is 16.6. The summed E-state index contributed by atoms with van der Waals surface area (Å²) in [5.74, 6) is -1.38. The van der Waals surface area contributed by atoms with Crippen LogP contribution in [0.25, 0.3) is 10.9 Å². The van der Waals surface area contributed by atoms with Crippen LogP contribution in [0.2, 0.25) is 0 Å². The number of rotatable bonds is 10. The summed E-state index contributed by atoms with van der Waals surface area (Å²) < 4.78 is 0.638. The van der Waals surface area contributed by atoms with Crippen molar-refractivity contribution < 1.29 is 14.7 Å². The van der Waals surface area contributed by atoms with Gasteiger partial charge in [0.15, 0.2) is 4.34 Å². The Kier molecular flexibility index (Phi) is 7.03. The largest absolute Gasteiger partial charge is 0.480 e. The number of anilines is 1. The highest BCUT2D eigenvalue weighted by molar-refractivity contribution is 8.01. The summed E-state index contributed by atoms with van der Waals surface area (Å²) in [6.07, 6.45) is 1.98. The zero-order valence-corrected chi connectivity index (χ0v) is 18.6. The van der Waals surface area contributed by atoms with Gasteiger partial charge in [0, 0.05) is 30.1 Å².